The average Bonchev–Trinajstić information content (AvgIpc) is 2.65. The molecule has 9 heteroatoms. The summed E-state index contributed by atoms with van der Waals surface area (Å²) in [5.41, 5.74) is -3.14. The van der Waals surface area contributed by atoms with E-state index in [2.05, 4.69) is 15.9 Å². The number of aromatic nitrogens is 2. The Bertz CT molecular complexity index is 626. The second-order valence-corrected chi connectivity index (χ2v) is 4.83. The van der Waals surface area contributed by atoms with Gasteiger partial charge in [0.05, 0.1) is 6.61 Å². The number of nitrogens with zero attached hydrogens (tertiary/aromatic N) is 1. The number of aromatic amines is 1. The highest BCUT2D eigenvalue weighted by Gasteiger charge is 2.54. The number of rotatable bonds is 3. The second-order valence-electron chi connectivity index (χ2n) is 4.30. The van der Waals surface area contributed by atoms with Gasteiger partial charge >= 0.3 is 5.69 Å². The minimum atomic E-state index is -1.72. The molecule has 20 heavy (non-hydrogen) atoms. The van der Waals surface area contributed by atoms with Crippen LogP contribution in [-0.2, 0) is 10.5 Å². The quantitative estimate of drug-likeness (QED) is 0.511. The summed E-state index contributed by atoms with van der Waals surface area (Å²) in [5, 5.41) is 29.2. The van der Waals surface area contributed by atoms with Crippen molar-refractivity contribution in [3.05, 3.63) is 44.2 Å². The molecule has 0 saturated carbocycles. The van der Waals surface area contributed by atoms with Crippen LogP contribution in [-0.4, -0.2) is 49.8 Å². The van der Waals surface area contributed by atoms with E-state index in [1.165, 1.54) is 11.1 Å². The largest absolute Gasteiger partial charge is 0.394 e. The first kappa shape index (κ1) is 15.1. The first-order valence-electron chi connectivity index (χ1n) is 5.71. The van der Waals surface area contributed by atoms with Crippen LogP contribution in [0.3, 0.4) is 0 Å². The van der Waals surface area contributed by atoms with Crippen LogP contribution in [0.25, 0.3) is 0 Å². The molecule has 0 aliphatic carbocycles. The molecule has 2 heterocycles. The molecule has 2 rings (SSSR count). The highest BCUT2D eigenvalue weighted by molar-refractivity contribution is 9.11. The lowest BCUT2D eigenvalue weighted by atomic mass is 10.0. The number of nitrogens with one attached hydrogen (secondary N) is 1. The summed E-state index contributed by atoms with van der Waals surface area (Å²) in [7, 11) is 0. The number of hydrogen-bond donors (Lipinski definition) is 4. The average molecular weight is 349 g/mol. The van der Waals surface area contributed by atoms with Gasteiger partial charge in [-0.25, -0.2) is 4.79 Å². The van der Waals surface area contributed by atoms with Gasteiger partial charge in [0, 0.05) is 12.3 Å². The Morgan fingerprint density at radius 2 is 2.20 bits per heavy atom. The molecular formula is C11H13BrN2O6. The van der Waals surface area contributed by atoms with E-state index in [0.717, 1.165) is 16.8 Å². The fraction of sp³-hybridized carbons (Fsp3) is 0.455. The summed E-state index contributed by atoms with van der Waals surface area (Å²) in [5.74, 6) is 0. The number of H-pyrrole nitrogens is 1. The Labute approximate surface area is 121 Å². The molecule has 0 amide bonds. The molecule has 0 spiro atoms. The van der Waals surface area contributed by atoms with E-state index in [-0.39, 0.29) is 0 Å². The van der Waals surface area contributed by atoms with E-state index in [0.29, 0.717) is 0 Å². The Hall–Kier alpha value is -1.26. The van der Waals surface area contributed by atoms with Crippen molar-refractivity contribution in [1.82, 2.24) is 9.55 Å². The molecule has 1 saturated heterocycles. The Morgan fingerprint density at radius 3 is 2.70 bits per heavy atom. The summed E-state index contributed by atoms with van der Waals surface area (Å²) in [4.78, 5) is 26.4. The van der Waals surface area contributed by atoms with Crippen molar-refractivity contribution >= 4 is 15.9 Å². The van der Waals surface area contributed by atoms with Gasteiger partial charge in [-0.3, -0.25) is 14.3 Å². The van der Waals surface area contributed by atoms with Gasteiger partial charge < -0.3 is 20.1 Å². The molecule has 0 aromatic carbocycles. The molecule has 1 aliphatic heterocycles. The van der Waals surface area contributed by atoms with Crippen LogP contribution in [0.2, 0.25) is 0 Å². The van der Waals surface area contributed by atoms with Gasteiger partial charge in [-0.1, -0.05) is 15.9 Å². The van der Waals surface area contributed by atoms with E-state index >= 15 is 0 Å². The van der Waals surface area contributed by atoms with Gasteiger partial charge in [-0.15, -0.1) is 0 Å². The summed E-state index contributed by atoms with van der Waals surface area (Å²) in [6.45, 7) is -0.534. The van der Waals surface area contributed by atoms with Gasteiger partial charge in [-0.05, 0) is 11.1 Å². The molecule has 1 aromatic rings. The van der Waals surface area contributed by atoms with Crippen LogP contribution in [0, 0.1) is 0 Å². The molecule has 4 atom stereocenters. The van der Waals surface area contributed by atoms with Gasteiger partial charge in [0.15, 0.2) is 5.72 Å². The maximum Gasteiger partial charge on any atom is 0.331 e. The number of hydrogen-bond acceptors (Lipinski definition) is 6. The molecule has 1 aromatic heterocycles. The zero-order valence-corrected chi connectivity index (χ0v) is 11.7. The standard InChI is InChI=1S/C11H13BrN2O6/c12-3-2-11(9(18)8(17)6(5-15)20-11)14-4-1-7(16)13-10(14)19/h1-4,6,8-9,15,17-18H,5H2,(H,13,16,19)/t6-,8-,9-,11-/m1/s1. The first-order chi connectivity index (χ1) is 9.46. The topological polar surface area (TPSA) is 125 Å². The number of aliphatic hydroxyl groups excluding tert-OH is 3. The van der Waals surface area contributed by atoms with E-state index in [1.807, 2.05) is 4.98 Å². The number of ether oxygens (including phenoxy) is 1. The van der Waals surface area contributed by atoms with E-state index < -0.39 is 41.9 Å². The molecule has 0 radical (unpaired) electrons. The molecule has 8 nitrogen and oxygen atoms in total. The van der Waals surface area contributed by atoms with Crippen molar-refractivity contribution in [1.29, 1.82) is 0 Å². The smallest absolute Gasteiger partial charge is 0.331 e. The van der Waals surface area contributed by atoms with Crippen molar-refractivity contribution < 1.29 is 20.1 Å². The maximum absolute atomic E-state index is 11.9. The maximum atomic E-state index is 11.9. The monoisotopic (exact) mass is 348 g/mol. The molecular weight excluding hydrogens is 336 g/mol. The van der Waals surface area contributed by atoms with Crippen LogP contribution in [0.1, 0.15) is 0 Å². The third kappa shape index (κ3) is 2.27. The van der Waals surface area contributed by atoms with Crippen LogP contribution in [0.5, 0.6) is 0 Å². The third-order valence-electron chi connectivity index (χ3n) is 3.15. The van der Waals surface area contributed by atoms with Crippen molar-refractivity contribution in [2.75, 3.05) is 6.61 Å². The van der Waals surface area contributed by atoms with Gasteiger partial charge in [0.25, 0.3) is 5.56 Å². The summed E-state index contributed by atoms with van der Waals surface area (Å²) in [6, 6.07) is 1.08. The minimum Gasteiger partial charge on any atom is -0.394 e. The molecule has 110 valence electrons. The summed E-state index contributed by atoms with van der Waals surface area (Å²) >= 11 is 3.02. The predicted octanol–water partition coefficient (Wildman–Crippen LogP) is -1.79. The fourth-order valence-corrected chi connectivity index (χ4v) is 2.55. The fourth-order valence-electron chi connectivity index (χ4n) is 2.18. The molecule has 1 aliphatic rings. The highest BCUT2D eigenvalue weighted by Crippen LogP contribution is 2.36. The van der Waals surface area contributed by atoms with Crippen LogP contribution in [0.15, 0.2) is 32.9 Å². The van der Waals surface area contributed by atoms with E-state index in [4.69, 9.17) is 9.84 Å². The predicted molar refractivity (Wildman–Crippen MR) is 71.3 cm³/mol. The van der Waals surface area contributed by atoms with Crippen molar-refractivity contribution in [2.45, 2.75) is 24.0 Å². The summed E-state index contributed by atoms with van der Waals surface area (Å²) < 4.78 is 6.38. The van der Waals surface area contributed by atoms with E-state index in [1.54, 1.807) is 0 Å². The Kier molecular flexibility index (Phi) is 4.25. The highest BCUT2D eigenvalue weighted by atomic mass is 79.9. The van der Waals surface area contributed by atoms with Gasteiger partial charge in [0.1, 0.15) is 18.3 Å². The SMILES string of the molecule is O=c1ccn([C@]2(C=CBr)O[C@H](CO)[C@@H](O)[C@H]2O)c(=O)[nH]1. The Morgan fingerprint density at radius 1 is 1.50 bits per heavy atom. The van der Waals surface area contributed by atoms with Crippen LogP contribution in [0.4, 0.5) is 0 Å². The minimum absolute atomic E-state index is 0.534. The summed E-state index contributed by atoms with van der Waals surface area (Å²) in [6.07, 6.45) is -1.51. The molecule has 4 N–H and O–H groups in total. The van der Waals surface area contributed by atoms with Crippen molar-refractivity contribution in [3.63, 3.8) is 0 Å². The molecule has 0 unspecified atom stereocenters. The van der Waals surface area contributed by atoms with Crippen LogP contribution < -0.4 is 11.2 Å². The van der Waals surface area contributed by atoms with Crippen molar-refractivity contribution in [3.8, 4) is 0 Å². The van der Waals surface area contributed by atoms with Gasteiger partial charge in [0.2, 0.25) is 0 Å². The zero-order valence-electron chi connectivity index (χ0n) is 10.1. The lowest BCUT2D eigenvalue weighted by molar-refractivity contribution is -0.115. The number of aliphatic hydroxyl groups is 3. The van der Waals surface area contributed by atoms with Crippen LogP contribution >= 0.6 is 15.9 Å². The third-order valence-corrected chi connectivity index (χ3v) is 3.41. The lowest BCUT2D eigenvalue weighted by Crippen LogP contribution is -2.50. The van der Waals surface area contributed by atoms with E-state index in [9.17, 15) is 19.8 Å². The lowest BCUT2D eigenvalue weighted by Gasteiger charge is -2.30. The molecule has 1 fully saturated rings. The normalized spacial score (nSPS) is 33.9. The number of halogens is 1. The first-order valence-corrected chi connectivity index (χ1v) is 6.63. The zero-order chi connectivity index (χ0) is 14.9. The second kappa shape index (κ2) is 5.62. The molecule has 0 bridgehead atoms. The Balaban J connectivity index is 2.62. The van der Waals surface area contributed by atoms with Crippen molar-refractivity contribution in [2.24, 2.45) is 0 Å². The van der Waals surface area contributed by atoms with Gasteiger partial charge in [-0.2, -0.15) is 0 Å².